The molecule has 0 saturated heterocycles. The first-order valence-electron chi connectivity index (χ1n) is 12.7. The van der Waals surface area contributed by atoms with Crippen molar-refractivity contribution in [2.75, 3.05) is 13.7 Å². The van der Waals surface area contributed by atoms with Crippen molar-refractivity contribution in [3.8, 4) is 17.2 Å². The van der Waals surface area contributed by atoms with Gasteiger partial charge in [0.15, 0.2) is 11.5 Å². The molecule has 4 nitrogen and oxygen atoms in total. The fourth-order valence-electron chi connectivity index (χ4n) is 7.79. The largest absolute Gasteiger partial charge is 0.508 e. The van der Waals surface area contributed by atoms with Crippen LogP contribution in [0.3, 0.4) is 0 Å². The number of ether oxygens (including phenoxy) is 2. The Labute approximate surface area is 197 Å². The standard InChI is InChI=1S/C29H38O4/c1-18-14-20-16-22(31)6-7-23(20)24-10-12-29(2)21(5-8-25(29)28(18)24)11-13-33-26-9-4-19(17-30)15-27(26)32-3/h4,6-7,9,15-16,18,21,24-25,28,30-31H,5,8,10-14,17H2,1-3H3/t18-,21?,24?,25?,28?,29?/m1/s1. The van der Waals surface area contributed by atoms with E-state index in [-0.39, 0.29) is 6.61 Å². The Morgan fingerprint density at radius 3 is 2.70 bits per heavy atom. The topological polar surface area (TPSA) is 58.9 Å². The van der Waals surface area contributed by atoms with Gasteiger partial charge in [-0.1, -0.05) is 26.0 Å². The van der Waals surface area contributed by atoms with Crippen molar-refractivity contribution in [1.29, 1.82) is 0 Å². The van der Waals surface area contributed by atoms with E-state index in [2.05, 4.69) is 19.9 Å². The number of fused-ring (bicyclic) bond motifs is 5. The van der Waals surface area contributed by atoms with Gasteiger partial charge in [0.25, 0.3) is 0 Å². The van der Waals surface area contributed by atoms with Crippen molar-refractivity contribution in [3.63, 3.8) is 0 Å². The number of aliphatic hydroxyl groups is 1. The molecule has 6 atom stereocenters. The lowest BCUT2D eigenvalue weighted by molar-refractivity contribution is 0.000861. The highest BCUT2D eigenvalue weighted by atomic mass is 16.5. The van der Waals surface area contributed by atoms with Gasteiger partial charge in [0.05, 0.1) is 20.3 Å². The summed E-state index contributed by atoms with van der Waals surface area (Å²) in [7, 11) is 1.65. The highest BCUT2D eigenvalue weighted by Gasteiger charge is 2.55. The number of methoxy groups -OCH3 is 1. The maximum Gasteiger partial charge on any atom is 0.161 e. The average Bonchev–Trinajstić information content (AvgIpc) is 3.15. The second-order valence-corrected chi connectivity index (χ2v) is 11.0. The van der Waals surface area contributed by atoms with Crippen LogP contribution in [0, 0.1) is 29.1 Å². The average molecular weight is 451 g/mol. The van der Waals surface area contributed by atoms with E-state index >= 15 is 0 Å². The van der Waals surface area contributed by atoms with Crippen molar-refractivity contribution in [1.82, 2.24) is 0 Å². The zero-order valence-corrected chi connectivity index (χ0v) is 20.2. The predicted molar refractivity (Wildman–Crippen MR) is 130 cm³/mol. The van der Waals surface area contributed by atoms with Crippen molar-refractivity contribution in [3.05, 3.63) is 53.1 Å². The quantitative estimate of drug-likeness (QED) is 0.560. The molecule has 3 aliphatic rings. The van der Waals surface area contributed by atoms with E-state index in [1.807, 2.05) is 30.3 Å². The fraction of sp³-hybridized carbons (Fsp3) is 0.586. The summed E-state index contributed by atoms with van der Waals surface area (Å²) in [6.07, 6.45) is 7.33. The Bertz CT molecular complexity index is 1000. The molecule has 178 valence electrons. The Morgan fingerprint density at radius 2 is 1.91 bits per heavy atom. The number of hydrogen-bond acceptors (Lipinski definition) is 4. The third-order valence-electron chi connectivity index (χ3n) is 9.39. The Balaban J connectivity index is 1.28. The lowest BCUT2D eigenvalue weighted by Gasteiger charge is -2.53. The molecule has 2 fully saturated rings. The van der Waals surface area contributed by atoms with Crippen LogP contribution in [0.25, 0.3) is 0 Å². The van der Waals surface area contributed by atoms with Gasteiger partial charge in [0.2, 0.25) is 0 Å². The summed E-state index contributed by atoms with van der Waals surface area (Å²) in [5.41, 5.74) is 4.10. The van der Waals surface area contributed by atoms with Gasteiger partial charge in [-0.3, -0.25) is 0 Å². The monoisotopic (exact) mass is 450 g/mol. The molecular formula is C29H38O4. The molecule has 0 aromatic heterocycles. The molecule has 0 bridgehead atoms. The highest BCUT2D eigenvalue weighted by molar-refractivity contribution is 5.43. The normalized spacial score (nSPS) is 32.5. The zero-order valence-electron chi connectivity index (χ0n) is 20.2. The number of aliphatic hydroxyl groups excluding tert-OH is 1. The van der Waals surface area contributed by atoms with Gasteiger partial charge < -0.3 is 19.7 Å². The second-order valence-electron chi connectivity index (χ2n) is 11.0. The second kappa shape index (κ2) is 8.87. The van der Waals surface area contributed by atoms with Crippen LogP contribution in [-0.4, -0.2) is 23.9 Å². The molecule has 2 aromatic carbocycles. The number of phenolic OH excluding ortho intramolecular Hbond substituents is 1. The first-order valence-corrected chi connectivity index (χ1v) is 12.7. The minimum Gasteiger partial charge on any atom is -0.508 e. The third-order valence-corrected chi connectivity index (χ3v) is 9.39. The summed E-state index contributed by atoms with van der Waals surface area (Å²) in [6.45, 7) is 5.70. The van der Waals surface area contributed by atoms with Crippen LogP contribution in [0.1, 0.15) is 68.6 Å². The van der Waals surface area contributed by atoms with Crippen LogP contribution in [0.15, 0.2) is 36.4 Å². The number of benzene rings is 2. The van der Waals surface area contributed by atoms with Gasteiger partial charge in [-0.05, 0) is 114 Å². The van der Waals surface area contributed by atoms with E-state index in [9.17, 15) is 10.2 Å². The highest BCUT2D eigenvalue weighted by Crippen LogP contribution is 2.64. The number of rotatable bonds is 6. The van der Waals surface area contributed by atoms with E-state index in [0.717, 1.165) is 36.0 Å². The van der Waals surface area contributed by atoms with Crippen LogP contribution in [0.2, 0.25) is 0 Å². The van der Waals surface area contributed by atoms with Crippen molar-refractivity contribution in [2.24, 2.45) is 29.1 Å². The molecule has 0 amide bonds. The molecule has 33 heavy (non-hydrogen) atoms. The van der Waals surface area contributed by atoms with Gasteiger partial charge in [-0.15, -0.1) is 0 Å². The molecule has 3 aliphatic carbocycles. The molecule has 2 aromatic rings. The molecule has 4 heteroatoms. The van der Waals surface area contributed by atoms with Gasteiger partial charge in [0.1, 0.15) is 5.75 Å². The minimum atomic E-state index is 0.00464. The van der Waals surface area contributed by atoms with E-state index in [1.54, 1.807) is 7.11 Å². The molecular weight excluding hydrogens is 412 g/mol. The Morgan fingerprint density at radius 1 is 1.06 bits per heavy atom. The Hall–Kier alpha value is -2.20. The minimum absolute atomic E-state index is 0.00464. The maximum absolute atomic E-state index is 9.99. The van der Waals surface area contributed by atoms with Crippen molar-refractivity contribution in [2.45, 2.75) is 64.9 Å². The van der Waals surface area contributed by atoms with Crippen molar-refractivity contribution < 1.29 is 19.7 Å². The van der Waals surface area contributed by atoms with E-state index in [4.69, 9.17) is 9.47 Å². The zero-order chi connectivity index (χ0) is 23.2. The predicted octanol–water partition coefficient (Wildman–Crippen LogP) is 6.08. The SMILES string of the molecule is COc1cc(CO)ccc1OCCC1CCC2C3C(CCC12C)c1ccc(O)cc1C[C@H]3C. The number of phenols is 1. The summed E-state index contributed by atoms with van der Waals surface area (Å²) in [4.78, 5) is 0. The smallest absolute Gasteiger partial charge is 0.161 e. The summed E-state index contributed by atoms with van der Waals surface area (Å²) in [6, 6.07) is 11.8. The first kappa shape index (κ1) is 22.6. The summed E-state index contributed by atoms with van der Waals surface area (Å²) in [5.74, 6) is 5.39. The van der Waals surface area contributed by atoms with Gasteiger partial charge in [0, 0.05) is 0 Å². The maximum atomic E-state index is 9.99. The lowest BCUT2D eigenvalue weighted by atomic mass is 9.51. The summed E-state index contributed by atoms with van der Waals surface area (Å²) < 4.78 is 11.6. The summed E-state index contributed by atoms with van der Waals surface area (Å²) in [5, 5.41) is 19.4. The van der Waals surface area contributed by atoms with Gasteiger partial charge in [-0.2, -0.15) is 0 Å². The van der Waals surface area contributed by atoms with E-state index in [1.165, 1.54) is 36.8 Å². The lowest BCUT2D eigenvalue weighted by Crippen LogP contribution is -2.45. The molecule has 5 unspecified atom stereocenters. The van der Waals surface area contributed by atoms with E-state index < -0.39 is 0 Å². The number of aromatic hydroxyl groups is 1. The molecule has 0 aliphatic heterocycles. The number of hydrogen-bond donors (Lipinski definition) is 2. The van der Waals surface area contributed by atoms with E-state index in [0.29, 0.717) is 41.3 Å². The van der Waals surface area contributed by atoms with Crippen LogP contribution >= 0.6 is 0 Å². The molecule has 0 spiro atoms. The third kappa shape index (κ3) is 3.90. The van der Waals surface area contributed by atoms with Gasteiger partial charge in [-0.25, -0.2) is 0 Å². The fourth-order valence-corrected chi connectivity index (χ4v) is 7.79. The molecule has 0 radical (unpaired) electrons. The molecule has 0 heterocycles. The van der Waals surface area contributed by atoms with Gasteiger partial charge >= 0.3 is 0 Å². The molecule has 2 N–H and O–H groups in total. The Kier molecular flexibility index (Phi) is 6.07. The first-order chi connectivity index (χ1) is 15.9. The van der Waals surface area contributed by atoms with Crippen LogP contribution in [0.5, 0.6) is 17.2 Å². The summed E-state index contributed by atoms with van der Waals surface area (Å²) >= 11 is 0. The van der Waals surface area contributed by atoms with Crippen LogP contribution in [-0.2, 0) is 13.0 Å². The van der Waals surface area contributed by atoms with Crippen LogP contribution < -0.4 is 9.47 Å². The molecule has 2 saturated carbocycles. The van der Waals surface area contributed by atoms with Crippen LogP contribution in [0.4, 0.5) is 0 Å². The molecule has 5 rings (SSSR count). The van der Waals surface area contributed by atoms with Crippen molar-refractivity contribution >= 4 is 0 Å².